The van der Waals surface area contributed by atoms with Crippen LogP contribution in [0.5, 0.6) is 0 Å². The molecule has 1 aliphatic carbocycles. The summed E-state index contributed by atoms with van der Waals surface area (Å²) in [6.45, 7) is 10.1. The molecule has 3 heterocycles. The summed E-state index contributed by atoms with van der Waals surface area (Å²) in [5, 5.41) is 15.9. The zero-order chi connectivity index (χ0) is 24.8. The van der Waals surface area contributed by atoms with E-state index >= 15 is 0 Å². The van der Waals surface area contributed by atoms with Crippen LogP contribution in [0.2, 0.25) is 0 Å². The van der Waals surface area contributed by atoms with Gasteiger partial charge in [0.1, 0.15) is 11.1 Å². The van der Waals surface area contributed by atoms with Gasteiger partial charge in [-0.15, -0.1) is 0 Å². The lowest BCUT2D eigenvalue weighted by molar-refractivity contribution is -0.0782. The number of benzene rings is 1. The largest absolute Gasteiger partial charge is 0.389 e. The number of ether oxygens (including phenoxy) is 1. The second-order valence-corrected chi connectivity index (χ2v) is 9.85. The molecule has 1 aromatic carbocycles. The standard InChI is InChI=1S/C26H29N4O2P.C2H6/c1-18-6-8-20(9-7-18)17-30-19(2)16-23(28-30)25-27-24(29-33-25)21-4-3-5-22(11-10-21)26(31)12-14-32-15-13-26;1-2/h3-11,16,22,31,33H,12-15,17H2,1-2H3;1-2H3. The Bertz CT molecular complexity index is 1210. The van der Waals surface area contributed by atoms with Crippen LogP contribution in [0.25, 0.3) is 16.7 Å². The Morgan fingerprint density at radius 1 is 1.11 bits per heavy atom. The van der Waals surface area contributed by atoms with Crippen LogP contribution < -0.4 is 0 Å². The van der Waals surface area contributed by atoms with Crippen molar-refractivity contribution in [2.45, 2.75) is 52.7 Å². The molecule has 2 aliphatic rings. The molecular weight excluding hydrogens is 455 g/mol. The molecule has 0 saturated carbocycles. The number of allylic oxidation sites excluding steroid dienone is 4. The van der Waals surface area contributed by atoms with Crippen molar-refractivity contribution < 1.29 is 9.84 Å². The molecule has 7 heteroatoms. The van der Waals surface area contributed by atoms with Crippen molar-refractivity contribution in [1.82, 2.24) is 19.5 Å². The molecule has 2 atom stereocenters. The minimum absolute atomic E-state index is 0.0387. The van der Waals surface area contributed by atoms with Gasteiger partial charge >= 0.3 is 0 Å². The highest BCUT2D eigenvalue weighted by molar-refractivity contribution is 7.29. The molecule has 0 radical (unpaired) electrons. The van der Waals surface area contributed by atoms with Crippen LogP contribution in [0, 0.1) is 19.8 Å². The van der Waals surface area contributed by atoms with Crippen LogP contribution in [0.1, 0.15) is 49.3 Å². The Labute approximate surface area is 209 Å². The summed E-state index contributed by atoms with van der Waals surface area (Å²) in [6.07, 6.45) is 11.5. The fourth-order valence-electron chi connectivity index (χ4n) is 4.33. The molecule has 2 unspecified atom stereocenters. The Morgan fingerprint density at radius 2 is 1.86 bits per heavy atom. The van der Waals surface area contributed by atoms with Crippen LogP contribution in [0.15, 0.2) is 60.7 Å². The second-order valence-electron chi connectivity index (χ2n) is 8.93. The summed E-state index contributed by atoms with van der Waals surface area (Å²) in [5.41, 5.74) is 5.61. The van der Waals surface area contributed by atoms with Gasteiger partial charge in [-0.25, -0.2) is 9.73 Å². The molecule has 184 valence electrons. The number of hydrogen-bond acceptors (Lipinski definition) is 5. The van der Waals surface area contributed by atoms with Gasteiger partial charge in [0.05, 0.1) is 12.1 Å². The lowest BCUT2D eigenvalue weighted by Gasteiger charge is -2.36. The third kappa shape index (κ3) is 5.90. The molecule has 2 aromatic heterocycles. The fourth-order valence-corrected chi connectivity index (χ4v) is 5.11. The monoisotopic (exact) mass is 490 g/mol. The molecule has 5 rings (SSSR count). The molecule has 0 spiro atoms. The first kappa shape index (κ1) is 25.3. The van der Waals surface area contributed by atoms with Crippen molar-refractivity contribution in [3.05, 3.63) is 83.4 Å². The van der Waals surface area contributed by atoms with Crippen molar-refractivity contribution in [1.29, 1.82) is 0 Å². The maximum atomic E-state index is 11.0. The van der Waals surface area contributed by atoms with E-state index in [1.165, 1.54) is 11.1 Å². The van der Waals surface area contributed by atoms with Gasteiger partial charge < -0.3 is 9.84 Å². The third-order valence-electron chi connectivity index (χ3n) is 6.48. The smallest absolute Gasteiger partial charge is 0.163 e. The van der Waals surface area contributed by atoms with Gasteiger partial charge in [0.2, 0.25) is 0 Å². The highest BCUT2D eigenvalue weighted by Gasteiger charge is 2.35. The lowest BCUT2D eigenvalue weighted by Crippen LogP contribution is -2.41. The van der Waals surface area contributed by atoms with Gasteiger partial charge in [-0.05, 0) is 33.8 Å². The molecule has 1 N–H and O–H groups in total. The van der Waals surface area contributed by atoms with E-state index in [0.29, 0.717) is 26.1 Å². The average molecular weight is 491 g/mol. The normalized spacial score (nSPS) is 19.2. The number of hydrogen-bond donors (Lipinski definition) is 1. The molecular formula is C28H35N4O2P. The molecule has 6 nitrogen and oxygen atoms in total. The summed E-state index contributed by atoms with van der Waals surface area (Å²) in [4.78, 5) is 4.82. The minimum atomic E-state index is -0.746. The number of nitrogens with zero attached hydrogens (tertiary/aromatic N) is 4. The summed E-state index contributed by atoms with van der Waals surface area (Å²) in [7, 11) is 0.245. The maximum absolute atomic E-state index is 11.0. The lowest BCUT2D eigenvalue weighted by atomic mass is 9.80. The molecule has 1 aliphatic heterocycles. The molecule has 35 heavy (non-hydrogen) atoms. The maximum Gasteiger partial charge on any atom is 0.163 e. The van der Waals surface area contributed by atoms with Gasteiger partial charge in [0.15, 0.2) is 5.82 Å². The van der Waals surface area contributed by atoms with Crippen LogP contribution in [0.4, 0.5) is 0 Å². The Balaban J connectivity index is 0.00000141. The summed E-state index contributed by atoms with van der Waals surface area (Å²) >= 11 is 0. The summed E-state index contributed by atoms with van der Waals surface area (Å²) < 4.78 is 12.2. The number of aryl methyl sites for hydroxylation is 2. The van der Waals surface area contributed by atoms with Gasteiger partial charge in [-0.3, -0.25) is 4.68 Å². The molecule has 0 amide bonds. The predicted molar refractivity (Wildman–Crippen MR) is 144 cm³/mol. The van der Waals surface area contributed by atoms with Crippen LogP contribution in [-0.2, 0) is 11.3 Å². The first-order chi connectivity index (χ1) is 17.0. The van der Waals surface area contributed by atoms with Crippen molar-refractivity contribution >= 4 is 13.9 Å². The first-order valence-electron chi connectivity index (χ1n) is 12.4. The molecule has 1 saturated heterocycles. The number of aliphatic hydroxyl groups is 1. The average Bonchev–Trinajstić information content (AvgIpc) is 3.41. The zero-order valence-corrected chi connectivity index (χ0v) is 22.0. The van der Waals surface area contributed by atoms with E-state index in [2.05, 4.69) is 56.3 Å². The molecule has 1 fully saturated rings. The quantitative estimate of drug-likeness (QED) is 0.495. The third-order valence-corrected chi connectivity index (χ3v) is 7.38. The SMILES string of the molecule is CC.Cc1ccc(Cn2nc(-c3nc(C4=CC=CC(C5(O)CCOCC5)C=C4)n[pH]3)cc2C)cc1. The van der Waals surface area contributed by atoms with E-state index in [1.807, 2.05) is 36.8 Å². The van der Waals surface area contributed by atoms with Crippen LogP contribution in [-0.4, -0.2) is 43.4 Å². The fraction of sp³-hybridized carbons (Fsp3) is 0.393. The van der Waals surface area contributed by atoms with Gasteiger partial charge in [0.25, 0.3) is 0 Å². The summed E-state index contributed by atoms with van der Waals surface area (Å²) in [6, 6.07) is 10.6. The van der Waals surface area contributed by atoms with E-state index in [0.717, 1.165) is 34.8 Å². The topological polar surface area (TPSA) is 73.1 Å². The predicted octanol–water partition coefficient (Wildman–Crippen LogP) is 5.73. The molecule has 0 bridgehead atoms. The van der Waals surface area contributed by atoms with Crippen molar-refractivity contribution in [3.8, 4) is 11.1 Å². The van der Waals surface area contributed by atoms with E-state index in [9.17, 15) is 5.11 Å². The Hall–Kier alpha value is -2.79. The van der Waals surface area contributed by atoms with Crippen LogP contribution >= 0.6 is 8.35 Å². The highest BCUT2D eigenvalue weighted by atomic mass is 31.0. The van der Waals surface area contributed by atoms with E-state index in [4.69, 9.17) is 19.6 Å². The second kappa shape index (κ2) is 11.3. The minimum Gasteiger partial charge on any atom is -0.389 e. The van der Waals surface area contributed by atoms with Gasteiger partial charge in [-0.2, -0.15) is 5.10 Å². The van der Waals surface area contributed by atoms with E-state index < -0.39 is 5.60 Å². The Morgan fingerprint density at radius 3 is 2.60 bits per heavy atom. The summed E-state index contributed by atoms with van der Waals surface area (Å²) in [5.74, 6) is 0.692. The van der Waals surface area contributed by atoms with Crippen molar-refractivity contribution in [2.75, 3.05) is 13.2 Å². The van der Waals surface area contributed by atoms with Crippen LogP contribution in [0.3, 0.4) is 0 Å². The van der Waals surface area contributed by atoms with E-state index in [-0.39, 0.29) is 14.3 Å². The molecule has 3 aromatic rings. The highest BCUT2D eigenvalue weighted by Crippen LogP contribution is 2.34. The Kier molecular flexibility index (Phi) is 8.17. The van der Waals surface area contributed by atoms with Crippen molar-refractivity contribution in [3.63, 3.8) is 0 Å². The van der Waals surface area contributed by atoms with Gasteiger partial charge in [0, 0.05) is 43.2 Å². The number of aromatic nitrogens is 4. The van der Waals surface area contributed by atoms with Gasteiger partial charge in [-0.1, -0.05) is 74.1 Å². The first-order valence-corrected chi connectivity index (χ1v) is 13.3. The van der Waals surface area contributed by atoms with Crippen molar-refractivity contribution in [2.24, 2.45) is 5.92 Å². The van der Waals surface area contributed by atoms with E-state index in [1.54, 1.807) is 0 Å². The number of rotatable bonds is 5. The zero-order valence-electron chi connectivity index (χ0n) is 21.0.